The number of benzene rings is 1. The molecule has 0 aliphatic heterocycles. The van der Waals surface area contributed by atoms with E-state index in [0.29, 0.717) is 18.2 Å². The highest BCUT2D eigenvalue weighted by Crippen LogP contribution is 2.14. The number of nitrogens with two attached hydrogens (primary N) is 1. The fourth-order valence-corrected chi connectivity index (χ4v) is 3.45. The summed E-state index contributed by atoms with van der Waals surface area (Å²) in [4.78, 5) is 2.29. The monoisotopic (exact) mass is 311 g/mol. The van der Waals surface area contributed by atoms with Gasteiger partial charge < -0.3 is 10.6 Å². The molecule has 1 rings (SSSR count). The van der Waals surface area contributed by atoms with Crippen molar-refractivity contribution in [2.75, 3.05) is 19.3 Å². The van der Waals surface area contributed by atoms with Crippen molar-refractivity contribution in [1.82, 2.24) is 4.90 Å². The zero-order chi connectivity index (χ0) is 16.0. The first kappa shape index (κ1) is 17.7. The Morgan fingerprint density at radius 1 is 1.43 bits per heavy atom. The maximum absolute atomic E-state index is 12.4. The number of nitrogens with zero attached hydrogens (tertiary/aromatic N) is 1. The van der Waals surface area contributed by atoms with Crippen molar-refractivity contribution < 1.29 is 8.42 Å². The number of hydrogen-bond acceptors (Lipinski definition) is 4. The Bertz CT molecular complexity index is 584. The molecule has 1 atom stereocenters. The van der Waals surface area contributed by atoms with Gasteiger partial charge in [0, 0.05) is 18.2 Å². The standard InChI is InChI=1S/C15H25N3O2S/c1-4-6-12(2)18(3)9-10-21(19,20)14-8-5-7-13(11-14)15(16)17/h5,7-8,11-12H,4,6,9-10H2,1-3H3,(H3,16,17). The predicted octanol–water partition coefficient (Wildman–Crippen LogP) is 1.86. The minimum Gasteiger partial charge on any atom is -0.384 e. The Balaban J connectivity index is 2.78. The van der Waals surface area contributed by atoms with Gasteiger partial charge in [0.25, 0.3) is 0 Å². The Morgan fingerprint density at radius 2 is 2.10 bits per heavy atom. The van der Waals surface area contributed by atoms with Crippen LogP contribution in [0.25, 0.3) is 0 Å². The van der Waals surface area contributed by atoms with Crippen LogP contribution in [0.15, 0.2) is 29.2 Å². The van der Waals surface area contributed by atoms with Gasteiger partial charge in [-0.15, -0.1) is 0 Å². The summed E-state index contributed by atoms with van der Waals surface area (Å²) in [5.41, 5.74) is 5.84. The van der Waals surface area contributed by atoms with Crippen LogP contribution in [0.3, 0.4) is 0 Å². The minimum absolute atomic E-state index is 0.0684. The van der Waals surface area contributed by atoms with Crippen LogP contribution in [0, 0.1) is 5.41 Å². The Morgan fingerprint density at radius 3 is 2.67 bits per heavy atom. The molecule has 1 aromatic rings. The SMILES string of the molecule is CCCC(C)N(C)CCS(=O)(=O)c1cccc(C(=N)N)c1. The van der Waals surface area contributed by atoms with Crippen molar-refractivity contribution in [2.24, 2.45) is 5.73 Å². The molecule has 0 saturated heterocycles. The van der Waals surface area contributed by atoms with E-state index in [2.05, 4.69) is 18.7 Å². The second-order valence-electron chi connectivity index (χ2n) is 5.38. The van der Waals surface area contributed by atoms with E-state index in [-0.39, 0.29) is 16.5 Å². The predicted molar refractivity (Wildman–Crippen MR) is 86.5 cm³/mol. The first-order valence-corrected chi connectivity index (χ1v) is 8.80. The molecular formula is C15H25N3O2S. The first-order valence-electron chi connectivity index (χ1n) is 7.15. The first-order chi connectivity index (χ1) is 9.77. The summed E-state index contributed by atoms with van der Waals surface area (Å²) in [5, 5.41) is 7.38. The third kappa shape index (κ3) is 5.13. The van der Waals surface area contributed by atoms with E-state index in [0.717, 1.165) is 12.8 Å². The van der Waals surface area contributed by atoms with E-state index in [1.165, 1.54) is 6.07 Å². The molecule has 3 N–H and O–H groups in total. The van der Waals surface area contributed by atoms with Crippen LogP contribution < -0.4 is 5.73 Å². The highest BCUT2D eigenvalue weighted by atomic mass is 32.2. The van der Waals surface area contributed by atoms with Crippen molar-refractivity contribution in [3.8, 4) is 0 Å². The average molecular weight is 311 g/mol. The van der Waals surface area contributed by atoms with Crippen molar-refractivity contribution >= 4 is 15.7 Å². The molecule has 0 bridgehead atoms. The summed E-state index contributed by atoms with van der Waals surface area (Å²) in [5.74, 6) is -0.0560. The third-order valence-electron chi connectivity index (χ3n) is 3.68. The molecule has 0 amide bonds. The molecule has 0 spiro atoms. The molecule has 0 heterocycles. The molecule has 1 unspecified atom stereocenters. The van der Waals surface area contributed by atoms with E-state index >= 15 is 0 Å². The highest BCUT2D eigenvalue weighted by molar-refractivity contribution is 7.91. The van der Waals surface area contributed by atoms with Gasteiger partial charge in [0.2, 0.25) is 0 Å². The Kier molecular flexibility index (Phi) is 6.36. The molecular weight excluding hydrogens is 286 g/mol. The Labute approximate surface area is 127 Å². The van der Waals surface area contributed by atoms with Gasteiger partial charge in [-0.1, -0.05) is 25.5 Å². The van der Waals surface area contributed by atoms with Gasteiger partial charge in [-0.25, -0.2) is 8.42 Å². The van der Waals surface area contributed by atoms with Crippen molar-refractivity contribution in [2.45, 2.75) is 37.6 Å². The number of sulfone groups is 1. The van der Waals surface area contributed by atoms with Crippen LogP contribution in [0.4, 0.5) is 0 Å². The number of amidine groups is 1. The van der Waals surface area contributed by atoms with E-state index in [4.69, 9.17) is 11.1 Å². The fraction of sp³-hybridized carbons (Fsp3) is 0.533. The molecule has 21 heavy (non-hydrogen) atoms. The van der Waals surface area contributed by atoms with Crippen LogP contribution in [-0.4, -0.2) is 44.5 Å². The van der Waals surface area contributed by atoms with E-state index in [1.54, 1.807) is 18.2 Å². The van der Waals surface area contributed by atoms with Crippen LogP contribution in [0.2, 0.25) is 0 Å². The smallest absolute Gasteiger partial charge is 0.179 e. The number of hydrogen-bond donors (Lipinski definition) is 2. The van der Waals surface area contributed by atoms with Crippen LogP contribution >= 0.6 is 0 Å². The lowest BCUT2D eigenvalue weighted by atomic mass is 10.2. The maximum Gasteiger partial charge on any atom is 0.179 e. The second kappa shape index (κ2) is 7.56. The lowest BCUT2D eigenvalue weighted by Crippen LogP contribution is -2.33. The highest BCUT2D eigenvalue weighted by Gasteiger charge is 2.17. The molecule has 5 nitrogen and oxygen atoms in total. The summed E-state index contributed by atoms with van der Waals surface area (Å²) < 4.78 is 24.7. The van der Waals surface area contributed by atoms with Gasteiger partial charge in [0.05, 0.1) is 10.6 Å². The summed E-state index contributed by atoms with van der Waals surface area (Å²) in [6.07, 6.45) is 2.13. The number of nitrogen functional groups attached to an aromatic ring is 1. The van der Waals surface area contributed by atoms with Gasteiger partial charge in [-0.3, -0.25) is 5.41 Å². The van der Waals surface area contributed by atoms with Gasteiger partial charge >= 0.3 is 0 Å². The zero-order valence-corrected chi connectivity index (χ0v) is 13.8. The van der Waals surface area contributed by atoms with Crippen molar-refractivity contribution in [3.05, 3.63) is 29.8 Å². The fourth-order valence-electron chi connectivity index (χ4n) is 2.10. The lowest BCUT2D eigenvalue weighted by molar-refractivity contribution is 0.258. The van der Waals surface area contributed by atoms with Crippen molar-refractivity contribution in [1.29, 1.82) is 5.41 Å². The van der Waals surface area contributed by atoms with E-state index in [1.807, 2.05) is 7.05 Å². The molecule has 0 aliphatic rings. The molecule has 0 aromatic heterocycles. The maximum atomic E-state index is 12.4. The summed E-state index contributed by atoms with van der Waals surface area (Å²) in [6.45, 7) is 4.72. The summed E-state index contributed by atoms with van der Waals surface area (Å²) in [6, 6.07) is 6.64. The minimum atomic E-state index is -3.35. The normalized spacial score (nSPS) is 13.3. The molecule has 0 aliphatic carbocycles. The van der Waals surface area contributed by atoms with Gasteiger partial charge in [0.15, 0.2) is 9.84 Å². The van der Waals surface area contributed by atoms with E-state index in [9.17, 15) is 8.42 Å². The van der Waals surface area contributed by atoms with Gasteiger partial charge in [-0.05, 0) is 32.5 Å². The summed E-state index contributed by atoms with van der Waals surface area (Å²) >= 11 is 0. The topological polar surface area (TPSA) is 87.2 Å². The third-order valence-corrected chi connectivity index (χ3v) is 5.37. The Hall–Kier alpha value is -1.40. The van der Waals surface area contributed by atoms with Crippen molar-refractivity contribution in [3.63, 3.8) is 0 Å². The average Bonchev–Trinajstić information content (AvgIpc) is 2.45. The van der Waals surface area contributed by atoms with Gasteiger partial charge in [-0.2, -0.15) is 0 Å². The quantitative estimate of drug-likeness (QED) is 0.567. The number of nitrogens with one attached hydrogen (secondary N) is 1. The van der Waals surface area contributed by atoms with Crippen LogP contribution in [0.1, 0.15) is 32.3 Å². The second-order valence-corrected chi connectivity index (χ2v) is 7.49. The molecule has 0 fully saturated rings. The van der Waals surface area contributed by atoms with Gasteiger partial charge in [0.1, 0.15) is 5.84 Å². The number of rotatable bonds is 8. The zero-order valence-electron chi connectivity index (χ0n) is 13.0. The largest absolute Gasteiger partial charge is 0.384 e. The van der Waals surface area contributed by atoms with Crippen LogP contribution in [0.5, 0.6) is 0 Å². The molecule has 0 saturated carbocycles. The summed E-state index contributed by atoms with van der Waals surface area (Å²) in [7, 11) is -1.41. The molecule has 0 radical (unpaired) electrons. The molecule has 1 aromatic carbocycles. The van der Waals surface area contributed by atoms with Crippen LogP contribution in [-0.2, 0) is 9.84 Å². The molecule has 118 valence electrons. The van der Waals surface area contributed by atoms with E-state index < -0.39 is 9.84 Å². The lowest BCUT2D eigenvalue weighted by Gasteiger charge is -2.24. The molecule has 6 heteroatoms.